The first-order valence-corrected chi connectivity index (χ1v) is 14.5. The third kappa shape index (κ3) is 6.14. The molecule has 5 rings (SSSR count). The lowest BCUT2D eigenvalue weighted by molar-refractivity contribution is -0.176. The van der Waals surface area contributed by atoms with Gasteiger partial charge in [-0.25, -0.2) is 4.79 Å². The van der Waals surface area contributed by atoms with Crippen molar-refractivity contribution < 1.29 is 23.8 Å². The fourth-order valence-corrected chi connectivity index (χ4v) is 5.72. The van der Waals surface area contributed by atoms with Gasteiger partial charge in [-0.05, 0) is 77.3 Å². The van der Waals surface area contributed by atoms with E-state index in [0.29, 0.717) is 60.6 Å². The van der Waals surface area contributed by atoms with E-state index in [4.69, 9.17) is 19.3 Å². The van der Waals surface area contributed by atoms with Gasteiger partial charge in [0.15, 0.2) is 11.9 Å². The standard InChI is InChI=1S/C31H38N6O6/c1-19-16-21(6-7-22(19)28(39)36-14-15-41-17-20(36)2)34-26-25-23(9-13-33-27(25)38)37(35-26)31(11-12-32)10-8-24(42-18-31)29(40)43-30(3,4)5/h6-7,9,13,16,20,24H,8,10-11,14-15,17-18H2,1-5H3,(H,33,38)(H,34,35)/t20-,24-,31-/m0/s1. The highest BCUT2D eigenvalue weighted by molar-refractivity contribution is 5.97. The average molecular weight is 591 g/mol. The van der Waals surface area contributed by atoms with Crippen LogP contribution in [0.15, 0.2) is 35.3 Å². The molecule has 12 heteroatoms. The second-order valence-electron chi connectivity index (χ2n) is 12.3. The van der Waals surface area contributed by atoms with Crippen LogP contribution in [-0.2, 0) is 24.5 Å². The second kappa shape index (κ2) is 11.8. The van der Waals surface area contributed by atoms with E-state index in [1.807, 2.05) is 24.8 Å². The summed E-state index contributed by atoms with van der Waals surface area (Å²) in [6, 6.07) is 9.38. The number of pyridine rings is 1. The van der Waals surface area contributed by atoms with Gasteiger partial charge in [-0.1, -0.05) is 0 Å². The Morgan fingerprint density at radius 3 is 2.74 bits per heavy atom. The Labute approximate surface area is 249 Å². The number of amides is 1. The Bertz CT molecular complexity index is 1620. The molecule has 2 N–H and O–H groups in total. The smallest absolute Gasteiger partial charge is 0.335 e. The summed E-state index contributed by atoms with van der Waals surface area (Å²) in [4.78, 5) is 43.5. The number of H-pyrrole nitrogens is 1. The number of ether oxygens (including phenoxy) is 3. The molecule has 1 amide bonds. The molecule has 0 bridgehead atoms. The number of nitrogens with one attached hydrogen (secondary N) is 2. The van der Waals surface area contributed by atoms with E-state index in [9.17, 15) is 19.6 Å². The van der Waals surface area contributed by atoms with Gasteiger partial charge in [-0.2, -0.15) is 10.4 Å². The first-order valence-electron chi connectivity index (χ1n) is 14.5. The molecular formula is C31H38N6O6. The Balaban J connectivity index is 1.44. The van der Waals surface area contributed by atoms with E-state index in [-0.39, 0.29) is 30.5 Å². The van der Waals surface area contributed by atoms with Crippen LogP contribution in [0.2, 0.25) is 0 Å². The molecule has 3 aromatic rings. The number of aromatic nitrogens is 3. The van der Waals surface area contributed by atoms with Crippen LogP contribution >= 0.6 is 0 Å². The number of carbonyl (C=O) groups excluding carboxylic acids is 2. The normalized spacial score (nSPS) is 22.7. The molecule has 0 saturated carbocycles. The summed E-state index contributed by atoms with van der Waals surface area (Å²) in [6.45, 7) is 10.8. The maximum absolute atomic E-state index is 13.3. The number of morpholine rings is 1. The molecule has 1 aromatic carbocycles. The number of esters is 1. The predicted octanol–water partition coefficient (Wildman–Crippen LogP) is 3.77. The molecule has 0 spiro atoms. The molecule has 2 aliphatic rings. The van der Waals surface area contributed by atoms with Crippen molar-refractivity contribution in [2.24, 2.45) is 0 Å². The van der Waals surface area contributed by atoms with Crippen molar-refractivity contribution >= 4 is 34.3 Å². The van der Waals surface area contributed by atoms with Gasteiger partial charge in [-0.15, -0.1) is 0 Å². The molecule has 228 valence electrons. The summed E-state index contributed by atoms with van der Waals surface area (Å²) in [5.74, 6) is -0.183. The minimum atomic E-state index is -0.903. The predicted molar refractivity (Wildman–Crippen MR) is 159 cm³/mol. The molecule has 0 aliphatic carbocycles. The van der Waals surface area contributed by atoms with Gasteiger partial charge in [0.05, 0.1) is 49.4 Å². The van der Waals surface area contributed by atoms with Gasteiger partial charge < -0.3 is 29.4 Å². The summed E-state index contributed by atoms with van der Waals surface area (Å²) < 4.78 is 18.6. The first-order chi connectivity index (χ1) is 20.4. The van der Waals surface area contributed by atoms with Crippen LogP contribution in [0.1, 0.15) is 62.9 Å². The highest BCUT2D eigenvalue weighted by atomic mass is 16.6. The maximum atomic E-state index is 13.3. The second-order valence-corrected chi connectivity index (χ2v) is 12.3. The van der Waals surface area contributed by atoms with Crippen LogP contribution < -0.4 is 10.9 Å². The Kier molecular flexibility index (Phi) is 8.31. The average Bonchev–Trinajstić information content (AvgIpc) is 3.33. The van der Waals surface area contributed by atoms with E-state index >= 15 is 0 Å². The number of hydrogen-bond acceptors (Lipinski definition) is 9. The van der Waals surface area contributed by atoms with Gasteiger partial charge in [0.2, 0.25) is 0 Å². The zero-order valence-corrected chi connectivity index (χ0v) is 25.2. The quantitative estimate of drug-likeness (QED) is 0.409. The topological polar surface area (TPSA) is 152 Å². The van der Waals surface area contributed by atoms with Gasteiger partial charge >= 0.3 is 5.97 Å². The first kappa shape index (κ1) is 30.3. The van der Waals surface area contributed by atoms with Crippen molar-refractivity contribution in [1.29, 1.82) is 5.26 Å². The molecule has 0 unspecified atom stereocenters. The molecule has 12 nitrogen and oxygen atoms in total. The summed E-state index contributed by atoms with van der Waals surface area (Å²) in [5.41, 5.74) is 0.669. The number of rotatable bonds is 6. The Hall–Kier alpha value is -4.21. The van der Waals surface area contributed by atoms with E-state index in [0.717, 1.165) is 5.56 Å². The number of aryl methyl sites for hydroxylation is 1. The molecule has 4 heterocycles. The number of carbonyl (C=O) groups is 2. The zero-order chi connectivity index (χ0) is 30.9. The van der Waals surface area contributed by atoms with Crippen molar-refractivity contribution in [2.45, 2.75) is 77.2 Å². The van der Waals surface area contributed by atoms with Gasteiger partial charge in [0.1, 0.15) is 11.0 Å². The number of benzene rings is 1. The number of hydrogen-bond donors (Lipinski definition) is 2. The summed E-state index contributed by atoms with van der Waals surface area (Å²) in [6.07, 6.45) is 1.60. The van der Waals surface area contributed by atoms with Crippen molar-refractivity contribution in [3.63, 3.8) is 0 Å². The number of anilines is 2. The zero-order valence-electron chi connectivity index (χ0n) is 25.2. The lowest BCUT2D eigenvalue weighted by Gasteiger charge is -2.39. The highest BCUT2D eigenvalue weighted by Crippen LogP contribution is 2.37. The minimum Gasteiger partial charge on any atom is -0.458 e. The number of nitriles is 1. The maximum Gasteiger partial charge on any atom is 0.335 e. The lowest BCUT2D eigenvalue weighted by atomic mass is 9.87. The fourth-order valence-electron chi connectivity index (χ4n) is 5.72. The van der Waals surface area contributed by atoms with E-state index in [1.165, 1.54) is 6.20 Å². The largest absolute Gasteiger partial charge is 0.458 e. The van der Waals surface area contributed by atoms with Crippen LogP contribution in [0.25, 0.3) is 10.9 Å². The third-order valence-corrected chi connectivity index (χ3v) is 7.90. The van der Waals surface area contributed by atoms with E-state index in [2.05, 4.69) is 16.4 Å². The third-order valence-electron chi connectivity index (χ3n) is 7.90. The molecule has 2 fully saturated rings. The Morgan fingerprint density at radius 2 is 2.09 bits per heavy atom. The molecule has 2 aromatic heterocycles. The summed E-state index contributed by atoms with van der Waals surface area (Å²) in [5, 5.41) is 18.2. The highest BCUT2D eigenvalue weighted by Gasteiger charge is 2.43. The van der Waals surface area contributed by atoms with Crippen molar-refractivity contribution in [1.82, 2.24) is 19.7 Å². The van der Waals surface area contributed by atoms with Crippen LogP contribution in [0.4, 0.5) is 11.5 Å². The van der Waals surface area contributed by atoms with Gasteiger partial charge in [0.25, 0.3) is 11.5 Å². The number of aromatic amines is 1. The van der Waals surface area contributed by atoms with Crippen molar-refractivity contribution in [2.75, 3.05) is 31.7 Å². The fraction of sp³-hybridized carbons (Fsp3) is 0.516. The molecule has 0 radical (unpaired) electrons. The Morgan fingerprint density at radius 1 is 1.30 bits per heavy atom. The number of fused-ring (bicyclic) bond motifs is 1. The van der Waals surface area contributed by atoms with Crippen LogP contribution in [0, 0.1) is 18.3 Å². The molecule has 3 atom stereocenters. The number of nitrogens with zero attached hydrogens (tertiary/aromatic N) is 4. The van der Waals surface area contributed by atoms with E-state index in [1.54, 1.807) is 43.7 Å². The minimum absolute atomic E-state index is 0.00980. The summed E-state index contributed by atoms with van der Waals surface area (Å²) >= 11 is 0. The van der Waals surface area contributed by atoms with Crippen LogP contribution in [0.5, 0.6) is 0 Å². The molecule has 2 saturated heterocycles. The van der Waals surface area contributed by atoms with Gasteiger partial charge in [-0.3, -0.25) is 14.3 Å². The van der Waals surface area contributed by atoms with E-state index < -0.39 is 23.2 Å². The summed E-state index contributed by atoms with van der Waals surface area (Å²) in [7, 11) is 0. The lowest BCUT2D eigenvalue weighted by Crippen LogP contribution is -2.47. The monoisotopic (exact) mass is 590 g/mol. The SMILES string of the molecule is Cc1cc(Nc2nn([C@]3(CC#N)CC[C@@H](C(=O)OC(C)(C)C)OC3)c3cc[nH]c(=O)c23)ccc1C(=O)N1CCOC[C@@H]1C. The van der Waals surface area contributed by atoms with Crippen LogP contribution in [-0.4, -0.2) is 75.7 Å². The van der Waals surface area contributed by atoms with Crippen LogP contribution in [0.3, 0.4) is 0 Å². The molecular weight excluding hydrogens is 552 g/mol. The van der Waals surface area contributed by atoms with Crippen molar-refractivity contribution in [3.05, 3.63) is 51.9 Å². The molecule has 2 aliphatic heterocycles. The van der Waals surface area contributed by atoms with Gasteiger partial charge in [0, 0.05) is 24.0 Å². The molecule has 43 heavy (non-hydrogen) atoms. The van der Waals surface area contributed by atoms with Crippen molar-refractivity contribution in [3.8, 4) is 6.07 Å².